The molecule has 4 heteroatoms. The van der Waals surface area contributed by atoms with Crippen molar-refractivity contribution in [1.82, 2.24) is 4.90 Å². The summed E-state index contributed by atoms with van der Waals surface area (Å²) in [5.41, 5.74) is -0.216. The van der Waals surface area contributed by atoms with Crippen LogP contribution in [0.4, 0.5) is 0 Å². The second-order valence-corrected chi connectivity index (χ2v) is 6.69. The van der Waals surface area contributed by atoms with E-state index in [0.29, 0.717) is 6.04 Å². The first-order valence-electron chi connectivity index (χ1n) is 6.77. The van der Waals surface area contributed by atoms with Crippen LogP contribution < -0.4 is 0 Å². The molecular formula is C14H25NO3. The summed E-state index contributed by atoms with van der Waals surface area (Å²) in [4.78, 5) is 14.0. The van der Waals surface area contributed by atoms with E-state index in [2.05, 4.69) is 32.6 Å². The van der Waals surface area contributed by atoms with Crippen LogP contribution in [0.3, 0.4) is 0 Å². The van der Waals surface area contributed by atoms with Gasteiger partial charge in [0.15, 0.2) is 0 Å². The third-order valence-corrected chi connectivity index (χ3v) is 4.22. The number of hydrogen-bond donors (Lipinski definition) is 0. The summed E-state index contributed by atoms with van der Waals surface area (Å²) in [6, 6.07) is 0.391. The molecule has 2 unspecified atom stereocenters. The molecule has 2 rings (SSSR count). The van der Waals surface area contributed by atoms with E-state index in [4.69, 9.17) is 9.47 Å². The molecule has 0 aliphatic carbocycles. The average molecular weight is 255 g/mol. The number of carbonyl (C=O) groups is 1. The van der Waals surface area contributed by atoms with E-state index in [0.717, 1.165) is 25.9 Å². The van der Waals surface area contributed by atoms with Gasteiger partial charge in [0.2, 0.25) is 0 Å². The van der Waals surface area contributed by atoms with Gasteiger partial charge in [0.25, 0.3) is 0 Å². The lowest BCUT2D eigenvalue weighted by Gasteiger charge is -2.33. The molecule has 2 heterocycles. The molecular weight excluding hydrogens is 230 g/mol. The van der Waals surface area contributed by atoms with Crippen LogP contribution in [0.2, 0.25) is 0 Å². The maximum absolute atomic E-state index is 11.6. The van der Waals surface area contributed by atoms with Crippen LogP contribution in [0, 0.1) is 5.92 Å². The molecule has 0 aromatic heterocycles. The van der Waals surface area contributed by atoms with Crippen molar-refractivity contribution in [2.24, 2.45) is 5.92 Å². The molecule has 18 heavy (non-hydrogen) atoms. The zero-order chi connectivity index (χ0) is 13.6. The zero-order valence-corrected chi connectivity index (χ0v) is 12.2. The number of esters is 1. The molecule has 2 fully saturated rings. The monoisotopic (exact) mass is 255 g/mol. The van der Waals surface area contributed by atoms with Gasteiger partial charge in [-0.3, -0.25) is 9.69 Å². The SMILES string of the molecule is COC(=O)C1CCN(C2CC(C)(C)OC2(C)C)C1. The van der Waals surface area contributed by atoms with Crippen LogP contribution in [0.15, 0.2) is 0 Å². The first-order chi connectivity index (χ1) is 8.25. The van der Waals surface area contributed by atoms with E-state index >= 15 is 0 Å². The fourth-order valence-corrected chi connectivity index (χ4v) is 3.53. The Bertz CT molecular complexity index is 338. The second-order valence-electron chi connectivity index (χ2n) is 6.69. The summed E-state index contributed by atoms with van der Waals surface area (Å²) in [6.45, 7) is 10.4. The fraction of sp³-hybridized carbons (Fsp3) is 0.929. The van der Waals surface area contributed by atoms with Crippen molar-refractivity contribution >= 4 is 5.97 Å². The fourth-order valence-electron chi connectivity index (χ4n) is 3.53. The van der Waals surface area contributed by atoms with E-state index in [1.165, 1.54) is 7.11 Å². The van der Waals surface area contributed by atoms with E-state index in [9.17, 15) is 4.79 Å². The number of hydrogen-bond acceptors (Lipinski definition) is 4. The predicted molar refractivity (Wildman–Crippen MR) is 69.3 cm³/mol. The van der Waals surface area contributed by atoms with Crippen LogP contribution in [0.5, 0.6) is 0 Å². The average Bonchev–Trinajstić information content (AvgIpc) is 2.79. The Morgan fingerprint density at radius 2 is 2.00 bits per heavy atom. The van der Waals surface area contributed by atoms with E-state index in [-0.39, 0.29) is 23.1 Å². The molecule has 0 amide bonds. The number of carbonyl (C=O) groups excluding carboxylic acids is 1. The van der Waals surface area contributed by atoms with Gasteiger partial charge in [-0.1, -0.05) is 0 Å². The summed E-state index contributed by atoms with van der Waals surface area (Å²) < 4.78 is 11.0. The molecule has 4 nitrogen and oxygen atoms in total. The van der Waals surface area contributed by atoms with Crippen LogP contribution in [0.1, 0.15) is 40.5 Å². The lowest BCUT2D eigenvalue weighted by molar-refractivity contribution is -0.145. The third-order valence-electron chi connectivity index (χ3n) is 4.22. The second kappa shape index (κ2) is 4.49. The van der Waals surface area contributed by atoms with Gasteiger partial charge in [-0.2, -0.15) is 0 Å². The lowest BCUT2D eigenvalue weighted by Crippen LogP contribution is -2.45. The van der Waals surface area contributed by atoms with Crippen LogP contribution in [-0.4, -0.2) is 48.3 Å². The standard InChI is InChI=1S/C14H25NO3/c1-13(2)8-11(14(3,4)18-13)15-7-6-10(9-15)12(16)17-5/h10-11H,6-9H2,1-5H3. The highest BCUT2D eigenvalue weighted by Crippen LogP contribution is 2.41. The van der Waals surface area contributed by atoms with Gasteiger partial charge in [-0.15, -0.1) is 0 Å². The number of nitrogens with zero attached hydrogens (tertiary/aromatic N) is 1. The molecule has 0 aromatic rings. The molecule has 0 saturated carbocycles. The Morgan fingerprint density at radius 1 is 1.33 bits per heavy atom. The zero-order valence-electron chi connectivity index (χ0n) is 12.2. The number of likely N-dealkylation sites (tertiary alicyclic amines) is 1. The Balaban J connectivity index is 2.04. The molecule has 2 saturated heterocycles. The predicted octanol–water partition coefficient (Wildman–Crippen LogP) is 1.83. The van der Waals surface area contributed by atoms with Gasteiger partial charge in [-0.05, 0) is 47.1 Å². The third kappa shape index (κ3) is 2.54. The quantitative estimate of drug-likeness (QED) is 0.706. The molecule has 2 aliphatic heterocycles. The Kier molecular flexibility index (Phi) is 3.45. The number of methoxy groups -OCH3 is 1. The van der Waals surface area contributed by atoms with Crippen molar-refractivity contribution in [2.45, 2.75) is 57.8 Å². The highest BCUT2D eigenvalue weighted by Gasteiger charge is 2.50. The molecule has 0 radical (unpaired) electrons. The Labute approximate surface area is 110 Å². The molecule has 0 aromatic carbocycles. The van der Waals surface area contributed by atoms with Crippen LogP contribution >= 0.6 is 0 Å². The minimum absolute atomic E-state index is 0.0366. The number of rotatable bonds is 2. The van der Waals surface area contributed by atoms with Gasteiger partial charge in [0.1, 0.15) is 0 Å². The minimum Gasteiger partial charge on any atom is -0.469 e. The maximum atomic E-state index is 11.6. The van der Waals surface area contributed by atoms with Crippen molar-refractivity contribution in [3.63, 3.8) is 0 Å². The highest BCUT2D eigenvalue weighted by atomic mass is 16.5. The van der Waals surface area contributed by atoms with E-state index in [1.54, 1.807) is 0 Å². The first kappa shape index (κ1) is 13.8. The summed E-state index contributed by atoms with van der Waals surface area (Å²) in [7, 11) is 1.47. The summed E-state index contributed by atoms with van der Waals surface area (Å²) in [6.07, 6.45) is 1.92. The van der Waals surface area contributed by atoms with Crippen LogP contribution in [-0.2, 0) is 14.3 Å². The smallest absolute Gasteiger partial charge is 0.310 e. The van der Waals surface area contributed by atoms with Crippen molar-refractivity contribution in [2.75, 3.05) is 20.2 Å². The molecule has 0 spiro atoms. The van der Waals surface area contributed by atoms with E-state index in [1.807, 2.05) is 0 Å². The number of ether oxygens (including phenoxy) is 2. The lowest BCUT2D eigenvalue weighted by atomic mass is 9.93. The topological polar surface area (TPSA) is 38.8 Å². The van der Waals surface area contributed by atoms with Crippen molar-refractivity contribution in [1.29, 1.82) is 0 Å². The van der Waals surface area contributed by atoms with Crippen molar-refractivity contribution in [3.05, 3.63) is 0 Å². The van der Waals surface area contributed by atoms with Crippen LogP contribution in [0.25, 0.3) is 0 Å². The molecule has 2 atom stereocenters. The normalized spacial score (nSPS) is 34.7. The van der Waals surface area contributed by atoms with Gasteiger partial charge < -0.3 is 9.47 Å². The summed E-state index contributed by atoms with van der Waals surface area (Å²) in [5.74, 6) is -0.0389. The summed E-state index contributed by atoms with van der Waals surface area (Å²) >= 11 is 0. The highest BCUT2D eigenvalue weighted by molar-refractivity contribution is 5.72. The molecule has 104 valence electrons. The maximum Gasteiger partial charge on any atom is 0.310 e. The van der Waals surface area contributed by atoms with Gasteiger partial charge in [-0.25, -0.2) is 0 Å². The van der Waals surface area contributed by atoms with Gasteiger partial charge in [0.05, 0.1) is 24.2 Å². The van der Waals surface area contributed by atoms with Gasteiger partial charge in [0, 0.05) is 12.6 Å². The largest absolute Gasteiger partial charge is 0.469 e. The van der Waals surface area contributed by atoms with E-state index < -0.39 is 0 Å². The van der Waals surface area contributed by atoms with Crippen molar-refractivity contribution < 1.29 is 14.3 Å². The summed E-state index contributed by atoms with van der Waals surface area (Å²) in [5, 5.41) is 0. The first-order valence-corrected chi connectivity index (χ1v) is 6.77. The Morgan fingerprint density at radius 3 is 2.50 bits per heavy atom. The molecule has 0 bridgehead atoms. The molecule has 2 aliphatic rings. The Hall–Kier alpha value is -0.610. The molecule has 0 N–H and O–H groups in total. The van der Waals surface area contributed by atoms with Crippen molar-refractivity contribution in [3.8, 4) is 0 Å². The minimum atomic E-state index is -0.144. The van der Waals surface area contributed by atoms with Gasteiger partial charge >= 0.3 is 5.97 Å².